The Morgan fingerprint density at radius 2 is 0.637 bits per heavy atom. The van der Waals surface area contributed by atoms with E-state index in [1.165, 1.54) is 36.4 Å². The number of rotatable bonds is 30. The Hall–Kier alpha value is -8.29. The van der Waals surface area contributed by atoms with Crippen molar-refractivity contribution in [1.29, 1.82) is 0 Å². The summed E-state index contributed by atoms with van der Waals surface area (Å²) in [5.74, 6) is -2.66. The van der Waals surface area contributed by atoms with Crippen LogP contribution in [0.4, 0.5) is 17.1 Å². The first-order valence-corrected chi connectivity index (χ1v) is 26.7. The van der Waals surface area contributed by atoms with Crippen molar-refractivity contribution in [1.82, 2.24) is 16.0 Å². The summed E-state index contributed by atoms with van der Waals surface area (Å²) in [6.45, 7) is 1.30. The zero-order valence-electron chi connectivity index (χ0n) is 44.7. The summed E-state index contributed by atoms with van der Waals surface area (Å²) in [7, 11) is 0. The number of phenols is 3. The van der Waals surface area contributed by atoms with Crippen LogP contribution in [-0.2, 0) is 48.0 Å². The van der Waals surface area contributed by atoms with Crippen molar-refractivity contribution in [2.75, 3.05) is 35.6 Å². The molecule has 0 fully saturated rings. The van der Waals surface area contributed by atoms with Gasteiger partial charge in [0.15, 0.2) is 0 Å². The van der Waals surface area contributed by atoms with Gasteiger partial charge in [0.1, 0.15) is 35.4 Å². The van der Waals surface area contributed by atoms with E-state index < -0.39 is 41.8 Å². The van der Waals surface area contributed by atoms with E-state index in [0.717, 1.165) is 16.7 Å². The van der Waals surface area contributed by atoms with E-state index in [-0.39, 0.29) is 66.6 Å². The van der Waals surface area contributed by atoms with Crippen molar-refractivity contribution in [3.63, 3.8) is 0 Å². The number of hydrogen-bond donors (Lipinski definition) is 12. The Kier molecular flexibility index (Phi) is 25.5. The van der Waals surface area contributed by atoms with Gasteiger partial charge < -0.3 is 64.4 Å². The number of phenolic OH excluding ortho intramolecular Hbond substituents is 3. The molecule has 0 heterocycles. The molecule has 0 aliphatic rings. The Balaban J connectivity index is 0.0000118. The first kappa shape index (κ1) is 62.6. The van der Waals surface area contributed by atoms with Gasteiger partial charge in [0.2, 0.25) is 35.4 Å². The van der Waals surface area contributed by atoms with Crippen molar-refractivity contribution in [3.8, 4) is 17.2 Å². The maximum absolute atomic E-state index is 13.8. The first-order valence-electron chi connectivity index (χ1n) is 26.7. The molecule has 19 heteroatoms. The molecule has 6 amide bonds. The number of nitrogens with one attached hydrogen (secondary N) is 6. The van der Waals surface area contributed by atoms with Crippen LogP contribution in [0.5, 0.6) is 17.2 Å². The van der Waals surface area contributed by atoms with Gasteiger partial charge in [-0.25, -0.2) is 0 Å². The number of anilines is 3. The molecule has 0 unspecified atom stereocenters. The summed E-state index contributed by atoms with van der Waals surface area (Å²) in [6.07, 6.45) is 4.79. The monoisotopic (exact) mass is 1110 g/mol. The van der Waals surface area contributed by atoms with Crippen LogP contribution < -0.4 is 49.1 Å². The van der Waals surface area contributed by atoms with Crippen molar-refractivity contribution in [3.05, 3.63) is 179 Å². The number of aromatic hydroxyl groups is 3. The number of benzene rings is 6. The van der Waals surface area contributed by atoms with Gasteiger partial charge in [-0.3, -0.25) is 28.8 Å². The first-order chi connectivity index (χ1) is 38.2. The smallest absolute Gasteiger partial charge is 0.246 e. The Morgan fingerprint density at radius 3 is 0.875 bits per heavy atom. The molecule has 3 atom stereocenters. The van der Waals surface area contributed by atoms with E-state index in [2.05, 4.69) is 31.9 Å². The third kappa shape index (κ3) is 20.5. The molecule has 0 radical (unpaired) electrons. The Labute approximate surface area is 473 Å². The predicted octanol–water partition coefficient (Wildman–Crippen LogP) is 6.79. The second-order valence-electron chi connectivity index (χ2n) is 19.5. The third-order valence-corrected chi connectivity index (χ3v) is 13.2. The third-order valence-electron chi connectivity index (χ3n) is 13.2. The Morgan fingerprint density at radius 1 is 0.375 bits per heavy atom. The lowest BCUT2D eigenvalue weighted by molar-refractivity contribution is -0.126. The van der Waals surface area contributed by atoms with Gasteiger partial charge in [0.05, 0.1) is 19.3 Å². The summed E-state index contributed by atoms with van der Waals surface area (Å²) < 4.78 is 0. The molecule has 0 bridgehead atoms. The molecular formula is C61H74ClN9O9. The molecule has 15 N–H and O–H groups in total. The van der Waals surface area contributed by atoms with Gasteiger partial charge in [-0.05, 0) is 184 Å². The van der Waals surface area contributed by atoms with Gasteiger partial charge in [0, 0.05) is 23.0 Å². The van der Waals surface area contributed by atoms with Crippen molar-refractivity contribution in [2.24, 2.45) is 17.2 Å². The lowest BCUT2D eigenvalue weighted by atomic mass is 9.85. The average molecular weight is 1110 g/mol. The van der Waals surface area contributed by atoms with E-state index in [0.29, 0.717) is 111 Å². The highest BCUT2D eigenvalue weighted by Crippen LogP contribution is 2.34. The van der Waals surface area contributed by atoms with E-state index >= 15 is 0 Å². The van der Waals surface area contributed by atoms with Gasteiger partial charge in [-0.15, -0.1) is 12.4 Å². The summed E-state index contributed by atoms with van der Waals surface area (Å²) >= 11 is 0. The largest absolute Gasteiger partial charge is 0.508 e. The van der Waals surface area contributed by atoms with Crippen molar-refractivity contribution in [2.45, 2.75) is 101 Å². The minimum atomic E-state index is -0.855. The highest BCUT2D eigenvalue weighted by Gasteiger charge is 2.25. The van der Waals surface area contributed by atoms with E-state index in [1.54, 1.807) is 72.8 Å². The number of carbonyl (C=O) groups is 6. The van der Waals surface area contributed by atoms with Crippen LogP contribution in [-0.4, -0.2) is 88.5 Å². The van der Waals surface area contributed by atoms with E-state index in [4.69, 9.17) is 17.2 Å². The lowest BCUT2D eigenvalue weighted by Gasteiger charge is -2.22. The molecule has 6 aromatic rings. The number of nitrogens with two attached hydrogens (primary N) is 3. The summed E-state index contributed by atoms with van der Waals surface area (Å²) in [6, 6.07) is 38.5. The molecule has 0 aliphatic heterocycles. The minimum Gasteiger partial charge on any atom is -0.508 e. The van der Waals surface area contributed by atoms with Crippen LogP contribution in [0.3, 0.4) is 0 Å². The van der Waals surface area contributed by atoms with Gasteiger partial charge >= 0.3 is 0 Å². The van der Waals surface area contributed by atoms with E-state index in [9.17, 15) is 44.1 Å². The van der Waals surface area contributed by atoms with Gasteiger partial charge in [0.25, 0.3) is 0 Å². The fourth-order valence-electron chi connectivity index (χ4n) is 9.12. The molecule has 0 aliphatic carbocycles. The summed E-state index contributed by atoms with van der Waals surface area (Å²) in [5.41, 5.74) is 23.0. The molecular weight excluding hydrogens is 1040 g/mol. The average Bonchev–Trinajstić information content (AvgIpc) is 3.43. The molecule has 424 valence electrons. The van der Waals surface area contributed by atoms with Crippen LogP contribution in [0.15, 0.2) is 146 Å². The Bertz CT molecular complexity index is 2650. The highest BCUT2D eigenvalue weighted by atomic mass is 35.5. The van der Waals surface area contributed by atoms with Crippen molar-refractivity contribution < 1.29 is 44.1 Å². The standard InChI is InChI=1S/C61H73N9O9.ClH/c62-31-4-1-16-52(68-55(74)37-40-10-7-13-49(71)34-40)59(77)65-46-25-19-43(20-26-46)58(44-21-27-47(28-22-44)66-60(78)53(17-2-5-32-63)69-56(75)38-41-11-8-14-50(72)35-41)45-23-29-48(30-24-45)67-61(79)54(18-3-6-33-64)70-57(76)39-42-12-9-15-51(73)36-42;/h7-15,19-30,34-36,52-54,58,71-73H,1-6,16-18,31-33,37-39,62-64H2,(H,65,77)(H,66,78)(H,67,79)(H,68,74)(H,69,75)(H,70,76);1H/t52-,53-,54-;/m1./s1. The number of amides is 6. The normalized spacial score (nSPS) is 12.0. The topological polar surface area (TPSA) is 313 Å². The molecule has 0 saturated heterocycles. The maximum Gasteiger partial charge on any atom is 0.246 e. The van der Waals surface area contributed by atoms with E-state index in [1.807, 2.05) is 36.4 Å². The minimum absolute atomic E-state index is 0. The lowest BCUT2D eigenvalue weighted by Crippen LogP contribution is -2.44. The van der Waals surface area contributed by atoms with Crippen LogP contribution in [0.25, 0.3) is 0 Å². The molecule has 80 heavy (non-hydrogen) atoms. The summed E-state index contributed by atoms with van der Waals surface area (Å²) in [5, 5.41) is 47.1. The molecule has 0 saturated carbocycles. The molecule has 6 rings (SSSR count). The molecule has 0 spiro atoms. The quantitative estimate of drug-likeness (QED) is 0.0164. The highest BCUT2D eigenvalue weighted by molar-refractivity contribution is 5.99. The zero-order chi connectivity index (χ0) is 56.5. The fraction of sp³-hybridized carbons (Fsp3) is 0.311. The summed E-state index contributed by atoms with van der Waals surface area (Å²) in [4.78, 5) is 80.8. The van der Waals surface area contributed by atoms with Gasteiger partial charge in [-0.1, -0.05) is 72.8 Å². The molecule has 18 nitrogen and oxygen atoms in total. The van der Waals surface area contributed by atoms with Crippen LogP contribution in [0.1, 0.15) is 97.1 Å². The van der Waals surface area contributed by atoms with Gasteiger partial charge in [-0.2, -0.15) is 0 Å². The number of halogens is 1. The number of carbonyl (C=O) groups excluding carboxylic acids is 6. The second kappa shape index (κ2) is 32.6. The fourth-order valence-corrected chi connectivity index (χ4v) is 9.12. The second-order valence-corrected chi connectivity index (χ2v) is 19.5. The maximum atomic E-state index is 13.8. The van der Waals surface area contributed by atoms with Crippen LogP contribution in [0.2, 0.25) is 0 Å². The molecule has 6 aromatic carbocycles. The van der Waals surface area contributed by atoms with Crippen LogP contribution >= 0.6 is 12.4 Å². The molecule has 0 aromatic heterocycles. The van der Waals surface area contributed by atoms with Crippen molar-refractivity contribution >= 4 is 64.9 Å². The zero-order valence-corrected chi connectivity index (χ0v) is 45.5. The predicted molar refractivity (Wildman–Crippen MR) is 313 cm³/mol. The van der Waals surface area contributed by atoms with Crippen LogP contribution in [0, 0.1) is 0 Å². The number of hydrogen-bond acceptors (Lipinski definition) is 12. The SMILES string of the molecule is Cl.NCCCC[C@@H](NC(=O)Cc1cccc(O)c1)C(=O)Nc1ccc(C(c2ccc(NC(=O)[C@@H](CCCCN)NC(=O)Cc3cccc(O)c3)cc2)c2ccc(NC(=O)[C@@H](CCCCN)NC(=O)Cc3cccc(O)c3)cc2)cc1. The number of unbranched alkanes of at least 4 members (excludes halogenated alkanes) is 3.